The van der Waals surface area contributed by atoms with Gasteiger partial charge >= 0.3 is 0 Å². The molecule has 120 valence electrons. The molecule has 0 spiro atoms. The molecule has 5 nitrogen and oxygen atoms in total. The zero-order valence-corrected chi connectivity index (χ0v) is 13.8. The molecule has 1 atom stereocenters. The van der Waals surface area contributed by atoms with Crippen molar-refractivity contribution in [2.24, 2.45) is 0 Å². The van der Waals surface area contributed by atoms with E-state index in [2.05, 4.69) is 39.8 Å². The SMILES string of the molecule is CCn1c([C@@H](C)Nc2cnc3ccccc3n2)nc2ccccc21. The Kier molecular flexibility index (Phi) is 3.61. The second-order valence-corrected chi connectivity index (χ2v) is 5.81. The molecule has 2 aromatic heterocycles. The summed E-state index contributed by atoms with van der Waals surface area (Å²) in [5, 5.41) is 3.43. The van der Waals surface area contributed by atoms with Crippen molar-refractivity contribution in [3.05, 3.63) is 60.6 Å². The summed E-state index contributed by atoms with van der Waals surface area (Å²) < 4.78 is 2.24. The second kappa shape index (κ2) is 5.92. The number of hydrogen-bond donors (Lipinski definition) is 1. The predicted molar refractivity (Wildman–Crippen MR) is 97.0 cm³/mol. The number of aryl methyl sites for hydroxylation is 1. The summed E-state index contributed by atoms with van der Waals surface area (Å²) >= 11 is 0. The fraction of sp³-hybridized carbons (Fsp3) is 0.211. The molecule has 1 N–H and O–H groups in total. The van der Waals surface area contributed by atoms with E-state index in [9.17, 15) is 0 Å². The van der Waals surface area contributed by atoms with Crippen molar-refractivity contribution < 1.29 is 0 Å². The first-order chi connectivity index (χ1) is 11.8. The molecule has 2 aromatic carbocycles. The van der Waals surface area contributed by atoms with Gasteiger partial charge in [-0.05, 0) is 38.1 Å². The van der Waals surface area contributed by atoms with Crippen LogP contribution in [0.2, 0.25) is 0 Å². The van der Waals surface area contributed by atoms with Gasteiger partial charge in [-0.1, -0.05) is 24.3 Å². The molecular weight excluding hydrogens is 298 g/mol. The molecule has 24 heavy (non-hydrogen) atoms. The van der Waals surface area contributed by atoms with Gasteiger partial charge in [0, 0.05) is 6.54 Å². The van der Waals surface area contributed by atoms with Crippen LogP contribution in [0.5, 0.6) is 0 Å². The lowest BCUT2D eigenvalue weighted by Crippen LogP contribution is -2.14. The molecule has 0 aliphatic carbocycles. The lowest BCUT2D eigenvalue weighted by molar-refractivity contribution is 0.672. The summed E-state index contributed by atoms with van der Waals surface area (Å²) in [6, 6.07) is 16.1. The molecule has 0 aliphatic rings. The number of aromatic nitrogens is 4. The molecule has 2 heterocycles. The van der Waals surface area contributed by atoms with Crippen LogP contribution in [0.4, 0.5) is 5.82 Å². The standard InChI is InChI=1S/C19H19N5/c1-3-24-17-11-7-6-10-16(17)23-19(24)13(2)21-18-12-20-14-8-4-5-9-15(14)22-18/h4-13H,3H2,1-2H3,(H,21,22)/t13-/m1/s1. The van der Waals surface area contributed by atoms with Crippen molar-refractivity contribution in [3.8, 4) is 0 Å². The van der Waals surface area contributed by atoms with Gasteiger partial charge in [0.1, 0.15) is 11.6 Å². The van der Waals surface area contributed by atoms with E-state index in [1.54, 1.807) is 6.20 Å². The molecule has 0 bridgehead atoms. The molecule has 4 aromatic rings. The molecule has 0 aliphatic heterocycles. The summed E-state index contributed by atoms with van der Waals surface area (Å²) in [6.45, 7) is 5.12. The van der Waals surface area contributed by atoms with Crippen LogP contribution in [0, 0.1) is 0 Å². The van der Waals surface area contributed by atoms with Crippen LogP contribution in [-0.4, -0.2) is 19.5 Å². The van der Waals surface area contributed by atoms with Crippen LogP contribution in [0.1, 0.15) is 25.7 Å². The van der Waals surface area contributed by atoms with Crippen molar-refractivity contribution in [3.63, 3.8) is 0 Å². The summed E-state index contributed by atoms with van der Waals surface area (Å²) in [4.78, 5) is 13.9. The van der Waals surface area contributed by atoms with E-state index in [0.717, 1.165) is 40.3 Å². The number of nitrogens with zero attached hydrogens (tertiary/aromatic N) is 4. The molecule has 5 heteroatoms. The Morgan fingerprint density at radius 2 is 1.67 bits per heavy atom. The summed E-state index contributed by atoms with van der Waals surface area (Å²) in [5.41, 5.74) is 3.97. The van der Waals surface area contributed by atoms with Gasteiger partial charge in [0.2, 0.25) is 0 Å². The Morgan fingerprint density at radius 1 is 0.958 bits per heavy atom. The van der Waals surface area contributed by atoms with Crippen molar-refractivity contribution in [2.45, 2.75) is 26.4 Å². The van der Waals surface area contributed by atoms with Gasteiger partial charge in [0.05, 0.1) is 34.3 Å². The maximum Gasteiger partial charge on any atom is 0.145 e. The third-order valence-electron chi connectivity index (χ3n) is 4.20. The number of fused-ring (bicyclic) bond motifs is 2. The number of hydrogen-bond acceptors (Lipinski definition) is 4. The van der Waals surface area contributed by atoms with Crippen molar-refractivity contribution in [2.75, 3.05) is 5.32 Å². The minimum Gasteiger partial charge on any atom is -0.359 e. The lowest BCUT2D eigenvalue weighted by Gasteiger charge is -2.16. The number of nitrogens with one attached hydrogen (secondary N) is 1. The Morgan fingerprint density at radius 3 is 2.46 bits per heavy atom. The highest BCUT2D eigenvalue weighted by atomic mass is 15.1. The highest BCUT2D eigenvalue weighted by molar-refractivity contribution is 5.76. The van der Waals surface area contributed by atoms with Crippen LogP contribution in [0.15, 0.2) is 54.7 Å². The summed E-state index contributed by atoms with van der Waals surface area (Å²) in [7, 11) is 0. The zero-order chi connectivity index (χ0) is 16.5. The quantitative estimate of drug-likeness (QED) is 0.613. The minimum absolute atomic E-state index is 0.0350. The van der Waals surface area contributed by atoms with Crippen molar-refractivity contribution in [1.29, 1.82) is 0 Å². The van der Waals surface area contributed by atoms with E-state index in [4.69, 9.17) is 4.98 Å². The van der Waals surface area contributed by atoms with Crippen LogP contribution in [-0.2, 0) is 6.54 Å². The maximum atomic E-state index is 4.79. The van der Waals surface area contributed by atoms with Gasteiger partial charge < -0.3 is 9.88 Å². The molecule has 4 rings (SSSR count). The van der Waals surface area contributed by atoms with Gasteiger partial charge in [0.25, 0.3) is 0 Å². The Hall–Kier alpha value is -2.95. The number of anilines is 1. The first-order valence-corrected chi connectivity index (χ1v) is 8.19. The zero-order valence-electron chi connectivity index (χ0n) is 13.8. The third kappa shape index (κ3) is 2.48. The predicted octanol–water partition coefficient (Wildman–Crippen LogP) is 4.17. The number of benzene rings is 2. The number of imidazole rings is 1. The van der Waals surface area contributed by atoms with Gasteiger partial charge in [0.15, 0.2) is 0 Å². The molecule has 0 unspecified atom stereocenters. The van der Waals surface area contributed by atoms with Crippen molar-refractivity contribution >= 4 is 27.9 Å². The molecular formula is C19H19N5. The molecule has 0 radical (unpaired) electrons. The van der Waals surface area contributed by atoms with Gasteiger partial charge in [-0.3, -0.25) is 4.98 Å². The smallest absolute Gasteiger partial charge is 0.145 e. The lowest BCUT2D eigenvalue weighted by atomic mass is 10.3. The fourth-order valence-electron chi connectivity index (χ4n) is 3.07. The normalized spacial score (nSPS) is 12.6. The Balaban J connectivity index is 1.69. The summed E-state index contributed by atoms with van der Waals surface area (Å²) in [6.07, 6.45) is 1.78. The molecule has 0 saturated carbocycles. The van der Waals surface area contributed by atoms with E-state index in [1.165, 1.54) is 0 Å². The van der Waals surface area contributed by atoms with Crippen LogP contribution >= 0.6 is 0 Å². The van der Waals surface area contributed by atoms with E-state index in [0.29, 0.717) is 0 Å². The second-order valence-electron chi connectivity index (χ2n) is 5.81. The first-order valence-electron chi connectivity index (χ1n) is 8.19. The van der Waals surface area contributed by atoms with Crippen LogP contribution in [0.3, 0.4) is 0 Å². The van der Waals surface area contributed by atoms with E-state index >= 15 is 0 Å². The summed E-state index contributed by atoms with van der Waals surface area (Å²) in [5.74, 6) is 1.77. The fourth-order valence-corrected chi connectivity index (χ4v) is 3.07. The first kappa shape index (κ1) is 14.6. The number of para-hydroxylation sites is 4. The van der Waals surface area contributed by atoms with Crippen LogP contribution in [0.25, 0.3) is 22.1 Å². The van der Waals surface area contributed by atoms with Gasteiger partial charge in [-0.25, -0.2) is 9.97 Å². The average molecular weight is 317 g/mol. The highest BCUT2D eigenvalue weighted by Gasteiger charge is 2.16. The van der Waals surface area contributed by atoms with Crippen LogP contribution < -0.4 is 5.32 Å². The third-order valence-corrected chi connectivity index (χ3v) is 4.20. The Bertz CT molecular complexity index is 1000. The monoisotopic (exact) mass is 317 g/mol. The largest absolute Gasteiger partial charge is 0.359 e. The van der Waals surface area contributed by atoms with E-state index in [1.807, 2.05) is 42.5 Å². The van der Waals surface area contributed by atoms with E-state index in [-0.39, 0.29) is 6.04 Å². The van der Waals surface area contributed by atoms with E-state index < -0.39 is 0 Å². The topological polar surface area (TPSA) is 55.6 Å². The average Bonchev–Trinajstić information content (AvgIpc) is 3.00. The van der Waals surface area contributed by atoms with Gasteiger partial charge in [-0.15, -0.1) is 0 Å². The highest BCUT2D eigenvalue weighted by Crippen LogP contribution is 2.23. The minimum atomic E-state index is 0.0350. The van der Waals surface area contributed by atoms with Crippen molar-refractivity contribution in [1.82, 2.24) is 19.5 Å². The Labute approximate surface area is 140 Å². The maximum absolute atomic E-state index is 4.79. The van der Waals surface area contributed by atoms with Gasteiger partial charge in [-0.2, -0.15) is 0 Å². The molecule has 0 saturated heterocycles. The molecule has 0 fully saturated rings. The number of rotatable bonds is 4. The molecule has 0 amide bonds.